The van der Waals surface area contributed by atoms with Crippen molar-refractivity contribution in [2.24, 2.45) is 11.3 Å². The molecular formula is C14H28N2. The van der Waals surface area contributed by atoms with Gasteiger partial charge in [-0.05, 0) is 63.6 Å². The van der Waals surface area contributed by atoms with E-state index in [0.29, 0.717) is 5.41 Å². The first-order valence-electron chi connectivity index (χ1n) is 7.05. The first-order valence-corrected chi connectivity index (χ1v) is 7.05. The van der Waals surface area contributed by atoms with Crippen LogP contribution in [-0.2, 0) is 0 Å². The second kappa shape index (κ2) is 5.05. The fourth-order valence-corrected chi connectivity index (χ4v) is 2.86. The monoisotopic (exact) mass is 224 g/mol. The Morgan fingerprint density at radius 3 is 2.44 bits per heavy atom. The SMILES string of the molecule is CCC(NCC1(C)CCN(C)CC1)C1CC1. The van der Waals surface area contributed by atoms with Gasteiger partial charge in [-0.3, -0.25) is 0 Å². The molecule has 0 radical (unpaired) electrons. The first-order chi connectivity index (χ1) is 7.63. The standard InChI is InChI=1S/C14H28N2/c1-4-13(12-5-6-12)15-11-14(2)7-9-16(3)10-8-14/h12-13,15H,4-11H2,1-3H3. The quantitative estimate of drug-likeness (QED) is 0.772. The van der Waals surface area contributed by atoms with Gasteiger partial charge in [-0.1, -0.05) is 13.8 Å². The van der Waals surface area contributed by atoms with Gasteiger partial charge in [0.25, 0.3) is 0 Å². The van der Waals surface area contributed by atoms with Crippen molar-refractivity contribution < 1.29 is 0 Å². The van der Waals surface area contributed by atoms with E-state index in [-0.39, 0.29) is 0 Å². The summed E-state index contributed by atoms with van der Waals surface area (Å²) in [5.41, 5.74) is 0.550. The largest absolute Gasteiger partial charge is 0.313 e. The Hall–Kier alpha value is -0.0800. The maximum absolute atomic E-state index is 3.84. The normalized spacial score (nSPS) is 27.9. The van der Waals surface area contributed by atoms with Gasteiger partial charge in [-0.2, -0.15) is 0 Å². The highest BCUT2D eigenvalue weighted by atomic mass is 15.1. The molecule has 0 amide bonds. The highest BCUT2D eigenvalue weighted by Gasteiger charge is 2.33. The van der Waals surface area contributed by atoms with Crippen LogP contribution in [0.15, 0.2) is 0 Å². The Morgan fingerprint density at radius 2 is 1.94 bits per heavy atom. The number of nitrogens with one attached hydrogen (secondary N) is 1. The van der Waals surface area contributed by atoms with E-state index in [2.05, 4.69) is 31.1 Å². The minimum absolute atomic E-state index is 0.550. The van der Waals surface area contributed by atoms with Crippen LogP contribution >= 0.6 is 0 Å². The fourth-order valence-electron chi connectivity index (χ4n) is 2.86. The zero-order chi connectivity index (χ0) is 11.6. The van der Waals surface area contributed by atoms with Crippen LogP contribution in [0.25, 0.3) is 0 Å². The van der Waals surface area contributed by atoms with E-state index < -0.39 is 0 Å². The van der Waals surface area contributed by atoms with E-state index >= 15 is 0 Å². The molecule has 1 aliphatic heterocycles. The second-order valence-electron chi connectivity index (χ2n) is 6.35. The molecule has 2 nitrogen and oxygen atoms in total. The molecule has 1 saturated heterocycles. The van der Waals surface area contributed by atoms with E-state index in [1.54, 1.807) is 0 Å². The summed E-state index contributed by atoms with van der Waals surface area (Å²) in [5, 5.41) is 3.84. The summed E-state index contributed by atoms with van der Waals surface area (Å²) in [4.78, 5) is 2.46. The van der Waals surface area contributed by atoms with E-state index in [1.165, 1.54) is 51.7 Å². The molecule has 2 heteroatoms. The minimum Gasteiger partial charge on any atom is -0.313 e. The van der Waals surface area contributed by atoms with Crippen molar-refractivity contribution in [2.75, 3.05) is 26.7 Å². The summed E-state index contributed by atoms with van der Waals surface area (Å²) in [7, 11) is 2.24. The Balaban J connectivity index is 1.75. The van der Waals surface area contributed by atoms with Crippen LogP contribution in [-0.4, -0.2) is 37.6 Å². The van der Waals surface area contributed by atoms with Crippen LogP contribution in [0.1, 0.15) is 46.0 Å². The number of likely N-dealkylation sites (tertiary alicyclic amines) is 1. The van der Waals surface area contributed by atoms with Gasteiger partial charge in [-0.15, -0.1) is 0 Å². The van der Waals surface area contributed by atoms with Crippen LogP contribution in [0.4, 0.5) is 0 Å². The Morgan fingerprint density at radius 1 is 1.31 bits per heavy atom. The Labute approximate surface area is 101 Å². The highest BCUT2D eigenvalue weighted by molar-refractivity contribution is 4.89. The third-order valence-corrected chi connectivity index (χ3v) is 4.62. The molecule has 0 aromatic rings. The topological polar surface area (TPSA) is 15.3 Å². The molecule has 2 rings (SSSR count). The van der Waals surface area contributed by atoms with Crippen LogP contribution in [0.2, 0.25) is 0 Å². The van der Waals surface area contributed by atoms with Crippen molar-refractivity contribution in [2.45, 2.75) is 52.0 Å². The Kier molecular flexibility index (Phi) is 3.91. The molecule has 16 heavy (non-hydrogen) atoms. The van der Waals surface area contributed by atoms with Crippen LogP contribution in [0, 0.1) is 11.3 Å². The van der Waals surface area contributed by atoms with Crippen molar-refractivity contribution in [1.82, 2.24) is 10.2 Å². The van der Waals surface area contributed by atoms with Crippen molar-refractivity contribution in [3.05, 3.63) is 0 Å². The van der Waals surface area contributed by atoms with Gasteiger partial charge in [0.05, 0.1) is 0 Å². The maximum atomic E-state index is 3.84. The second-order valence-corrected chi connectivity index (χ2v) is 6.35. The van der Waals surface area contributed by atoms with Crippen LogP contribution in [0.3, 0.4) is 0 Å². The molecule has 94 valence electrons. The molecule has 0 bridgehead atoms. The first kappa shape index (κ1) is 12.4. The molecular weight excluding hydrogens is 196 g/mol. The highest BCUT2D eigenvalue weighted by Crippen LogP contribution is 2.35. The zero-order valence-corrected chi connectivity index (χ0v) is 11.3. The summed E-state index contributed by atoms with van der Waals surface area (Å²) >= 11 is 0. The van der Waals surface area contributed by atoms with Crippen LogP contribution < -0.4 is 5.32 Å². The predicted molar refractivity (Wildman–Crippen MR) is 69.6 cm³/mol. The van der Waals surface area contributed by atoms with Gasteiger partial charge in [0.2, 0.25) is 0 Å². The van der Waals surface area contributed by atoms with Gasteiger partial charge in [0.1, 0.15) is 0 Å². The van der Waals surface area contributed by atoms with Crippen molar-refractivity contribution in [3.63, 3.8) is 0 Å². The van der Waals surface area contributed by atoms with Gasteiger partial charge < -0.3 is 10.2 Å². The van der Waals surface area contributed by atoms with Crippen LogP contribution in [0.5, 0.6) is 0 Å². The number of nitrogens with zero attached hydrogens (tertiary/aromatic N) is 1. The number of hydrogen-bond donors (Lipinski definition) is 1. The number of hydrogen-bond acceptors (Lipinski definition) is 2. The third-order valence-electron chi connectivity index (χ3n) is 4.62. The summed E-state index contributed by atoms with van der Waals surface area (Å²) in [5.74, 6) is 1.000. The molecule has 2 aliphatic rings. The molecule has 1 atom stereocenters. The molecule has 0 aromatic carbocycles. The van der Waals surface area contributed by atoms with Gasteiger partial charge >= 0.3 is 0 Å². The van der Waals surface area contributed by atoms with E-state index in [9.17, 15) is 0 Å². The summed E-state index contributed by atoms with van der Waals surface area (Å²) in [6.07, 6.45) is 6.95. The lowest BCUT2D eigenvalue weighted by molar-refractivity contribution is 0.132. The fraction of sp³-hybridized carbons (Fsp3) is 1.00. The Bertz CT molecular complexity index is 215. The van der Waals surface area contributed by atoms with E-state index in [1.807, 2.05) is 0 Å². The molecule has 1 aliphatic carbocycles. The molecule has 1 unspecified atom stereocenters. The predicted octanol–water partition coefficient (Wildman–Crippen LogP) is 2.50. The summed E-state index contributed by atoms with van der Waals surface area (Å²) in [6, 6.07) is 0.802. The smallest absolute Gasteiger partial charge is 0.00929 e. The average Bonchev–Trinajstić information content (AvgIpc) is 3.08. The maximum Gasteiger partial charge on any atom is 0.00929 e. The van der Waals surface area contributed by atoms with Crippen molar-refractivity contribution >= 4 is 0 Å². The van der Waals surface area contributed by atoms with Crippen molar-refractivity contribution in [1.29, 1.82) is 0 Å². The lowest BCUT2D eigenvalue weighted by Gasteiger charge is -2.39. The molecule has 2 fully saturated rings. The minimum atomic E-state index is 0.550. The number of rotatable bonds is 5. The molecule has 0 aromatic heterocycles. The molecule has 0 spiro atoms. The average molecular weight is 224 g/mol. The number of piperidine rings is 1. The molecule has 1 heterocycles. The van der Waals surface area contributed by atoms with E-state index in [0.717, 1.165) is 12.0 Å². The summed E-state index contributed by atoms with van der Waals surface area (Å²) in [6.45, 7) is 8.58. The van der Waals surface area contributed by atoms with Crippen molar-refractivity contribution in [3.8, 4) is 0 Å². The third kappa shape index (κ3) is 3.21. The van der Waals surface area contributed by atoms with E-state index in [4.69, 9.17) is 0 Å². The zero-order valence-electron chi connectivity index (χ0n) is 11.3. The molecule has 1 saturated carbocycles. The lowest BCUT2D eigenvalue weighted by atomic mass is 9.80. The van der Waals surface area contributed by atoms with Gasteiger partial charge in [0, 0.05) is 12.6 Å². The summed E-state index contributed by atoms with van der Waals surface area (Å²) < 4.78 is 0. The van der Waals surface area contributed by atoms with Gasteiger partial charge in [0.15, 0.2) is 0 Å². The van der Waals surface area contributed by atoms with Gasteiger partial charge in [-0.25, -0.2) is 0 Å². The molecule has 1 N–H and O–H groups in total. The lowest BCUT2D eigenvalue weighted by Crippen LogP contribution is -2.45.